The summed E-state index contributed by atoms with van der Waals surface area (Å²) in [6, 6.07) is -0.0981. The van der Waals surface area contributed by atoms with E-state index in [0.29, 0.717) is 24.0 Å². The highest BCUT2D eigenvalue weighted by molar-refractivity contribution is 7.91. The summed E-state index contributed by atoms with van der Waals surface area (Å²) in [6.45, 7) is 0.619. The van der Waals surface area contributed by atoms with Crippen LogP contribution in [0.15, 0.2) is 0 Å². The molecule has 0 aromatic carbocycles. The number of urea groups is 1. The van der Waals surface area contributed by atoms with Crippen molar-refractivity contribution in [3.63, 3.8) is 0 Å². The van der Waals surface area contributed by atoms with Crippen molar-refractivity contribution in [3.8, 4) is 0 Å². The van der Waals surface area contributed by atoms with E-state index in [1.165, 1.54) is 4.90 Å². The van der Waals surface area contributed by atoms with Crippen molar-refractivity contribution in [3.05, 3.63) is 0 Å². The Bertz CT molecular complexity index is 338. The number of nitrogens with one attached hydrogen (secondary N) is 1. The van der Waals surface area contributed by atoms with Gasteiger partial charge in [0.15, 0.2) is 9.84 Å². The van der Waals surface area contributed by atoms with E-state index < -0.39 is 9.84 Å². The van der Waals surface area contributed by atoms with Gasteiger partial charge in [-0.05, 0) is 25.2 Å². The molecule has 0 saturated carbocycles. The SMILES string of the molecule is CN(C)C(=O)NCCCC1CCS(=O)(=O)C1. The number of amides is 2. The van der Waals surface area contributed by atoms with Crippen molar-refractivity contribution in [2.75, 3.05) is 32.1 Å². The van der Waals surface area contributed by atoms with Crippen molar-refractivity contribution in [2.45, 2.75) is 19.3 Å². The minimum atomic E-state index is -2.76. The van der Waals surface area contributed by atoms with E-state index in [9.17, 15) is 13.2 Å². The molecule has 0 aromatic heterocycles. The molecule has 94 valence electrons. The van der Waals surface area contributed by atoms with Gasteiger partial charge in [-0.25, -0.2) is 13.2 Å². The lowest BCUT2D eigenvalue weighted by Gasteiger charge is -2.12. The predicted molar refractivity (Wildman–Crippen MR) is 63.1 cm³/mol. The van der Waals surface area contributed by atoms with Crippen LogP contribution in [0.25, 0.3) is 0 Å². The lowest BCUT2D eigenvalue weighted by atomic mass is 10.0. The molecule has 0 spiro atoms. The Morgan fingerprint density at radius 3 is 2.62 bits per heavy atom. The highest BCUT2D eigenvalue weighted by atomic mass is 32.2. The molecular formula is C10H20N2O3S. The van der Waals surface area contributed by atoms with Gasteiger partial charge in [0.1, 0.15) is 0 Å². The Morgan fingerprint density at radius 2 is 2.12 bits per heavy atom. The number of hydrogen-bond donors (Lipinski definition) is 1. The van der Waals surface area contributed by atoms with Gasteiger partial charge in [0, 0.05) is 20.6 Å². The van der Waals surface area contributed by atoms with Gasteiger partial charge in [-0.2, -0.15) is 0 Å². The molecule has 0 radical (unpaired) electrons. The van der Waals surface area contributed by atoms with Crippen molar-refractivity contribution in [1.29, 1.82) is 0 Å². The summed E-state index contributed by atoms with van der Waals surface area (Å²) in [5.41, 5.74) is 0. The van der Waals surface area contributed by atoms with Crippen LogP contribution < -0.4 is 5.32 Å². The maximum Gasteiger partial charge on any atom is 0.316 e. The first-order valence-electron chi connectivity index (χ1n) is 5.56. The van der Waals surface area contributed by atoms with Crippen LogP contribution in [0.4, 0.5) is 4.79 Å². The van der Waals surface area contributed by atoms with E-state index in [1.807, 2.05) is 0 Å². The lowest BCUT2D eigenvalue weighted by molar-refractivity contribution is 0.217. The minimum absolute atomic E-state index is 0.0981. The molecule has 6 heteroatoms. The van der Waals surface area contributed by atoms with Gasteiger partial charge < -0.3 is 10.2 Å². The zero-order chi connectivity index (χ0) is 12.2. The fourth-order valence-corrected chi connectivity index (χ4v) is 3.75. The molecule has 2 amide bonds. The number of carbonyl (C=O) groups excluding carboxylic acids is 1. The van der Waals surface area contributed by atoms with Crippen molar-refractivity contribution in [1.82, 2.24) is 10.2 Å². The van der Waals surface area contributed by atoms with E-state index in [4.69, 9.17) is 0 Å². The molecule has 1 unspecified atom stereocenters. The molecule has 1 atom stereocenters. The van der Waals surface area contributed by atoms with Crippen molar-refractivity contribution >= 4 is 15.9 Å². The number of hydrogen-bond acceptors (Lipinski definition) is 3. The Labute approximate surface area is 97.1 Å². The second-order valence-corrected chi connectivity index (χ2v) is 6.77. The molecule has 1 N–H and O–H groups in total. The molecule has 1 saturated heterocycles. The highest BCUT2D eigenvalue weighted by Gasteiger charge is 2.27. The van der Waals surface area contributed by atoms with Crippen molar-refractivity contribution < 1.29 is 13.2 Å². The quantitative estimate of drug-likeness (QED) is 0.736. The maximum absolute atomic E-state index is 11.2. The van der Waals surface area contributed by atoms with E-state index in [-0.39, 0.29) is 6.03 Å². The summed E-state index contributed by atoms with van der Waals surface area (Å²) >= 11 is 0. The summed E-state index contributed by atoms with van der Waals surface area (Å²) < 4.78 is 22.4. The number of nitrogens with zero attached hydrogens (tertiary/aromatic N) is 1. The molecule has 1 aliphatic rings. The lowest BCUT2D eigenvalue weighted by Crippen LogP contribution is -2.35. The largest absolute Gasteiger partial charge is 0.338 e. The summed E-state index contributed by atoms with van der Waals surface area (Å²) in [5.74, 6) is 0.956. The summed E-state index contributed by atoms with van der Waals surface area (Å²) in [7, 11) is 0.629. The third kappa shape index (κ3) is 4.38. The zero-order valence-electron chi connectivity index (χ0n) is 9.90. The Balaban J connectivity index is 2.11. The molecule has 5 nitrogen and oxygen atoms in total. The fraction of sp³-hybridized carbons (Fsp3) is 0.900. The standard InChI is InChI=1S/C10H20N2O3S/c1-12(2)10(13)11-6-3-4-9-5-7-16(14,15)8-9/h9H,3-8H2,1-2H3,(H,11,13). The summed E-state index contributed by atoms with van der Waals surface area (Å²) in [5, 5.41) is 2.76. The van der Waals surface area contributed by atoms with Gasteiger partial charge in [-0.15, -0.1) is 0 Å². The monoisotopic (exact) mass is 248 g/mol. The smallest absolute Gasteiger partial charge is 0.316 e. The van der Waals surface area contributed by atoms with Gasteiger partial charge in [0.25, 0.3) is 0 Å². The van der Waals surface area contributed by atoms with Crippen LogP contribution in [0.3, 0.4) is 0 Å². The Kier molecular flexibility index (Phi) is 4.58. The number of rotatable bonds is 4. The second-order valence-electron chi connectivity index (χ2n) is 4.54. The van der Waals surface area contributed by atoms with Crippen LogP contribution in [0.1, 0.15) is 19.3 Å². The van der Waals surface area contributed by atoms with Crippen LogP contribution in [0, 0.1) is 5.92 Å². The molecule has 1 heterocycles. The first-order chi connectivity index (χ1) is 7.41. The molecule has 1 fully saturated rings. The molecule has 0 aromatic rings. The summed E-state index contributed by atoms with van der Waals surface area (Å²) in [6.07, 6.45) is 2.51. The van der Waals surface area contributed by atoms with Gasteiger partial charge in [-0.3, -0.25) is 0 Å². The fourth-order valence-electron chi connectivity index (χ4n) is 1.84. The van der Waals surface area contributed by atoms with Crippen LogP contribution in [0.2, 0.25) is 0 Å². The Hall–Kier alpha value is -0.780. The molecule has 0 aliphatic carbocycles. The molecule has 0 bridgehead atoms. The topological polar surface area (TPSA) is 66.5 Å². The predicted octanol–water partition coefficient (Wildman–Crippen LogP) is 0.472. The molecule has 16 heavy (non-hydrogen) atoms. The van der Waals surface area contributed by atoms with Gasteiger partial charge >= 0.3 is 6.03 Å². The van der Waals surface area contributed by atoms with Crippen LogP contribution >= 0.6 is 0 Å². The van der Waals surface area contributed by atoms with Crippen LogP contribution in [-0.4, -0.2) is 51.5 Å². The average molecular weight is 248 g/mol. The first-order valence-corrected chi connectivity index (χ1v) is 7.38. The number of sulfone groups is 1. The first kappa shape index (κ1) is 13.3. The van der Waals surface area contributed by atoms with Gasteiger partial charge in [0.2, 0.25) is 0 Å². The molecule has 1 rings (SSSR count). The number of carbonyl (C=O) groups is 1. The highest BCUT2D eigenvalue weighted by Crippen LogP contribution is 2.22. The average Bonchev–Trinajstić information content (AvgIpc) is 2.52. The van der Waals surface area contributed by atoms with Gasteiger partial charge in [0.05, 0.1) is 11.5 Å². The third-order valence-corrected chi connectivity index (χ3v) is 4.64. The minimum Gasteiger partial charge on any atom is -0.338 e. The van der Waals surface area contributed by atoms with E-state index in [2.05, 4.69) is 5.32 Å². The normalized spacial score (nSPS) is 23.0. The summed E-state index contributed by atoms with van der Waals surface area (Å²) in [4.78, 5) is 12.6. The van der Waals surface area contributed by atoms with E-state index in [1.54, 1.807) is 14.1 Å². The maximum atomic E-state index is 11.2. The van der Waals surface area contributed by atoms with Crippen molar-refractivity contribution in [2.24, 2.45) is 5.92 Å². The Morgan fingerprint density at radius 1 is 1.44 bits per heavy atom. The molecule has 1 aliphatic heterocycles. The van der Waals surface area contributed by atoms with E-state index in [0.717, 1.165) is 19.3 Å². The van der Waals surface area contributed by atoms with Gasteiger partial charge in [-0.1, -0.05) is 0 Å². The third-order valence-electron chi connectivity index (χ3n) is 2.80. The van der Waals surface area contributed by atoms with E-state index >= 15 is 0 Å². The van der Waals surface area contributed by atoms with Crippen LogP contribution in [-0.2, 0) is 9.84 Å². The zero-order valence-corrected chi connectivity index (χ0v) is 10.7. The second kappa shape index (κ2) is 5.52. The molecular weight excluding hydrogens is 228 g/mol. The van der Waals surface area contributed by atoms with Crippen LogP contribution in [0.5, 0.6) is 0 Å².